The van der Waals surface area contributed by atoms with Crippen molar-refractivity contribution in [1.82, 2.24) is 9.13 Å². The maximum absolute atomic E-state index is 9.57. The molecule has 0 aliphatic heterocycles. The van der Waals surface area contributed by atoms with Gasteiger partial charge >= 0.3 is 0 Å². The highest BCUT2D eigenvalue weighted by Gasteiger charge is 2.41. The normalized spacial score (nSPS) is 11.7. The van der Waals surface area contributed by atoms with E-state index in [-0.39, 0.29) is 0 Å². The average molecular weight is 768 g/mol. The summed E-state index contributed by atoms with van der Waals surface area (Å²) in [5.74, 6) is 0. The molecule has 276 valence electrons. The molecule has 59 heavy (non-hydrogen) atoms. The maximum Gasteiger partial charge on any atom is 0.179 e. The Labute approximate surface area is 343 Å². The molecule has 0 bridgehead atoms. The fourth-order valence-corrected chi connectivity index (χ4v) is 14.4. The van der Waals surface area contributed by atoms with E-state index in [4.69, 9.17) is 0 Å². The van der Waals surface area contributed by atoms with E-state index in [0.29, 0.717) is 5.56 Å². The van der Waals surface area contributed by atoms with Gasteiger partial charge in [-0.05, 0) is 87.0 Å². The molecule has 0 radical (unpaired) electrons. The van der Waals surface area contributed by atoms with Crippen LogP contribution in [-0.4, -0.2) is 17.2 Å². The second kappa shape index (κ2) is 14.0. The highest BCUT2D eigenvalue weighted by molar-refractivity contribution is 7.19. The number of nitrogens with zero attached hydrogens (tertiary/aromatic N) is 3. The average Bonchev–Trinajstić information content (AvgIpc) is 3.83. The molecule has 11 rings (SSSR count). The van der Waals surface area contributed by atoms with Gasteiger partial charge in [0.15, 0.2) is 8.07 Å². The molecule has 0 spiro atoms. The van der Waals surface area contributed by atoms with Crippen LogP contribution in [0.15, 0.2) is 224 Å². The Balaban J connectivity index is 1.14. The number of aromatic nitrogens is 2. The van der Waals surface area contributed by atoms with Crippen molar-refractivity contribution in [1.29, 1.82) is 5.26 Å². The molecule has 2 aromatic heterocycles. The van der Waals surface area contributed by atoms with E-state index in [1.165, 1.54) is 53.3 Å². The fourth-order valence-electron chi connectivity index (χ4n) is 9.57. The Hall–Kier alpha value is -7.71. The molecular weight excluding hydrogens is 731 g/mol. The van der Waals surface area contributed by atoms with E-state index in [1.54, 1.807) is 0 Å². The third-order valence-corrected chi connectivity index (χ3v) is 16.9. The summed E-state index contributed by atoms with van der Waals surface area (Å²) in [6, 6.07) is 83.9. The van der Waals surface area contributed by atoms with Crippen molar-refractivity contribution in [3.8, 4) is 28.6 Å². The van der Waals surface area contributed by atoms with Crippen molar-refractivity contribution in [3.63, 3.8) is 0 Å². The van der Waals surface area contributed by atoms with Crippen LogP contribution in [0.2, 0.25) is 0 Å². The zero-order valence-corrected chi connectivity index (χ0v) is 33.2. The first kappa shape index (κ1) is 34.5. The third kappa shape index (κ3) is 5.40. The number of benzene rings is 9. The van der Waals surface area contributed by atoms with Gasteiger partial charge in [0.05, 0.1) is 33.7 Å². The van der Waals surface area contributed by atoms with Crippen LogP contribution in [0.4, 0.5) is 0 Å². The van der Waals surface area contributed by atoms with Crippen LogP contribution in [0.5, 0.6) is 0 Å². The topological polar surface area (TPSA) is 33.6 Å². The lowest BCUT2D eigenvalue weighted by Crippen LogP contribution is -2.74. The van der Waals surface area contributed by atoms with E-state index in [1.807, 2.05) is 12.1 Å². The Morgan fingerprint density at radius 2 is 0.864 bits per heavy atom. The van der Waals surface area contributed by atoms with E-state index < -0.39 is 8.07 Å². The van der Waals surface area contributed by atoms with Gasteiger partial charge in [-0.15, -0.1) is 0 Å². The molecule has 0 saturated carbocycles. The van der Waals surface area contributed by atoms with Crippen LogP contribution >= 0.6 is 0 Å². The summed E-state index contributed by atoms with van der Waals surface area (Å²) >= 11 is 0. The van der Waals surface area contributed by atoms with Crippen LogP contribution in [0.25, 0.3) is 66.1 Å². The van der Waals surface area contributed by atoms with Gasteiger partial charge in [-0.1, -0.05) is 164 Å². The zero-order valence-electron chi connectivity index (χ0n) is 32.2. The zero-order chi connectivity index (χ0) is 39.3. The van der Waals surface area contributed by atoms with Gasteiger partial charge in [-0.3, -0.25) is 0 Å². The molecule has 2 heterocycles. The number of hydrogen-bond donors (Lipinski definition) is 0. The quantitative estimate of drug-likeness (QED) is 0.117. The summed E-state index contributed by atoms with van der Waals surface area (Å²) in [5.41, 5.74) is 9.76. The Bertz CT molecular complexity index is 3280. The first-order chi connectivity index (χ1) is 29.2. The van der Waals surface area contributed by atoms with Gasteiger partial charge in [0.25, 0.3) is 0 Å². The third-order valence-electron chi connectivity index (χ3n) is 12.1. The van der Waals surface area contributed by atoms with E-state index in [9.17, 15) is 5.26 Å². The second-order valence-corrected chi connectivity index (χ2v) is 19.0. The summed E-state index contributed by atoms with van der Waals surface area (Å²) < 4.78 is 4.80. The molecule has 4 heteroatoms. The monoisotopic (exact) mass is 767 g/mol. The SMILES string of the molecule is N#Cc1ccc(-n2c3ccccc3c3cccc(-c4ccc5c(c4)c4ccccc4n5-c4cccc([Si](c5ccccc5)(c5ccccc5)c5ccccc5)c4)c32)cc1. The highest BCUT2D eigenvalue weighted by Crippen LogP contribution is 2.40. The van der Waals surface area contributed by atoms with Crippen molar-refractivity contribution >= 4 is 72.4 Å². The molecule has 0 amide bonds. The van der Waals surface area contributed by atoms with Crippen molar-refractivity contribution in [2.75, 3.05) is 0 Å². The molecule has 0 aliphatic rings. The van der Waals surface area contributed by atoms with E-state index in [0.717, 1.165) is 33.5 Å². The summed E-state index contributed by atoms with van der Waals surface area (Å²) in [5, 5.41) is 19.8. The lowest BCUT2D eigenvalue weighted by Gasteiger charge is -2.34. The molecule has 0 saturated heterocycles. The predicted molar refractivity (Wildman–Crippen MR) is 249 cm³/mol. The number of para-hydroxylation sites is 3. The van der Waals surface area contributed by atoms with E-state index in [2.05, 4.69) is 228 Å². The number of hydrogen-bond acceptors (Lipinski definition) is 1. The van der Waals surface area contributed by atoms with Crippen LogP contribution in [-0.2, 0) is 0 Å². The highest BCUT2D eigenvalue weighted by atomic mass is 28.3. The van der Waals surface area contributed by atoms with Gasteiger partial charge < -0.3 is 9.13 Å². The lowest BCUT2D eigenvalue weighted by atomic mass is 10.00. The summed E-state index contributed by atoms with van der Waals surface area (Å²) in [7, 11) is -2.74. The Morgan fingerprint density at radius 1 is 0.356 bits per heavy atom. The predicted octanol–water partition coefficient (Wildman–Crippen LogP) is 10.8. The van der Waals surface area contributed by atoms with Crippen LogP contribution < -0.4 is 20.7 Å². The molecule has 0 atom stereocenters. The number of fused-ring (bicyclic) bond motifs is 6. The van der Waals surface area contributed by atoms with Crippen LogP contribution in [0.1, 0.15) is 5.56 Å². The molecular formula is C55H37N3Si. The number of nitriles is 1. The first-order valence-corrected chi connectivity index (χ1v) is 22.1. The summed E-state index contributed by atoms with van der Waals surface area (Å²) in [6.07, 6.45) is 0. The van der Waals surface area contributed by atoms with Gasteiger partial charge in [0.2, 0.25) is 0 Å². The molecule has 3 nitrogen and oxygen atoms in total. The van der Waals surface area contributed by atoms with Gasteiger partial charge in [0.1, 0.15) is 0 Å². The Kier molecular flexibility index (Phi) is 8.21. The van der Waals surface area contributed by atoms with E-state index >= 15 is 0 Å². The maximum atomic E-state index is 9.57. The van der Waals surface area contributed by atoms with Crippen molar-refractivity contribution in [2.24, 2.45) is 0 Å². The van der Waals surface area contributed by atoms with Crippen LogP contribution in [0, 0.1) is 11.3 Å². The molecule has 0 aliphatic carbocycles. The smallest absolute Gasteiger partial charge is 0.179 e. The van der Waals surface area contributed by atoms with Gasteiger partial charge in [-0.2, -0.15) is 5.26 Å². The molecule has 0 fully saturated rings. The first-order valence-electron chi connectivity index (χ1n) is 20.1. The summed E-state index contributed by atoms with van der Waals surface area (Å²) in [6.45, 7) is 0. The van der Waals surface area contributed by atoms with Crippen molar-refractivity contribution in [3.05, 3.63) is 230 Å². The minimum absolute atomic E-state index is 0.648. The summed E-state index contributed by atoms with van der Waals surface area (Å²) in [4.78, 5) is 0. The van der Waals surface area contributed by atoms with Crippen molar-refractivity contribution in [2.45, 2.75) is 0 Å². The largest absolute Gasteiger partial charge is 0.309 e. The molecule has 9 aromatic carbocycles. The minimum Gasteiger partial charge on any atom is -0.309 e. The molecule has 0 unspecified atom stereocenters. The van der Waals surface area contributed by atoms with Gasteiger partial charge in [-0.25, -0.2) is 0 Å². The standard InChI is InChI=1S/C55H37N3Si/c56-38-39-30-33-41(34-31-39)58-53-29-13-10-24-48(53)50-27-15-26-47(55(50)58)40-32-35-54-51(36-40)49-25-11-12-28-52(49)57(54)42-16-14-23-46(37-42)59(43-17-4-1-5-18-43,44-19-6-2-7-20-44)45-21-8-3-9-22-45/h1-37H. The lowest BCUT2D eigenvalue weighted by molar-refractivity contribution is 1.18. The van der Waals surface area contributed by atoms with Gasteiger partial charge in [0, 0.05) is 38.5 Å². The fraction of sp³-hybridized carbons (Fsp3) is 0. The molecule has 0 N–H and O–H groups in total. The minimum atomic E-state index is -2.74. The second-order valence-electron chi connectivity index (χ2n) is 15.2. The van der Waals surface area contributed by atoms with Crippen LogP contribution in [0.3, 0.4) is 0 Å². The van der Waals surface area contributed by atoms with Crippen molar-refractivity contribution < 1.29 is 0 Å². The molecule has 11 aromatic rings. The number of rotatable bonds is 7. The Morgan fingerprint density at radius 3 is 1.49 bits per heavy atom.